The van der Waals surface area contributed by atoms with E-state index in [-0.39, 0.29) is 24.5 Å². The first-order valence-corrected chi connectivity index (χ1v) is 5.70. The number of carbonyl (C=O) groups excluding carboxylic acids is 2. The van der Waals surface area contributed by atoms with Crippen molar-refractivity contribution >= 4 is 11.8 Å². The summed E-state index contributed by atoms with van der Waals surface area (Å²) in [6, 6.07) is 8.63. The van der Waals surface area contributed by atoms with E-state index in [9.17, 15) is 9.59 Å². The Morgan fingerprint density at radius 1 is 1.22 bits per heavy atom. The number of hydrogen-bond donors (Lipinski definition) is 3. The summed E-state index contributed by atoms with van der Waals surface area (Å²) >= 11 is 0. The first-order valence-electron chi connectivity index (χ1n) is 5.70. The van der Waals surface area contributed by atoms with Crippen LogP contribution in [0.4, 0.5) is 0 Å². The predicted molar refractivity (Wildman–Crippen MR) is 64.5 cm³/mol. The Morgan fingerprint density at radius 3 is 2.50 bits per heavy atom. The molecule has 1 saturated heterocycles. The van der Waals surface area contributed by atoms with Crippen LogP contribution in [-0.2, 0) is 4.79 Å². The van der Waals surface area contributed by atoms with E-state index in [0.717, 1.165) is 0 Å². The number of nitrogens with one attached hydrogen (secondary N) is 2. The van der Waals surface area contributed by atoms with Crippen molar-refractivity contribution in [1.82, 2.24) is 15.8 Å². The van der Waals surface area contributed by atoms with Crippen molar-refractivity contribution in [3.05, 3.63) is 35.9 Å². The summed E-state index contributed by atoms with van der Waals surface area (Å²) in [6.45, 7) is 1.17. The molecule has 2 amide bonds. The second-order valence-corrected chi connectivity index (χ2v) is 4.22. The van der Waals surface area contributed by atoms with Crippen molar-refractivity contribution in [1.29, 1.82) is 0 Å². The van der Waals surface area contributed by atoms with Crippen LogP contribution >= 0.6 is 0 Å². The zero-order chi connectivity index (χ0) is 13.0. The van der Waals surface area contributed by atoms with E-state index in [1.165, 1.54) is 0 Å². The monoisotopic (exact) mass is 249 g/mol. The van der Waals surface area contributed by atoms with Gasteiger partial charge in [-0.2, -0.15) is 0 Å². The number of carbonyl (C=O) groups is 2. The van der Waals surface area contributed by atoms with Gasteiger partial charge in [-0.15, -0.1) is 0 Å². The fraction of sp³-hybridized carbons (Fsp3) is 0.333. The number of amides is 2. The van der Waals surface area contributed by atoms with Crippen molar-refractivity contribution in [2.24, 2.45) is 0 Å². The van der Waals surface area contributed by atoms with Crippen LogP contribution in [0, 0.1) is 0 Å². The maximum absolute atomic E-state index is 11.6. The summed E-state index contributed by atoms with van der Waals surface area (Å²) < 4.78 is 0. The van der Waals surface area contributed by atoms with Crippen LogP contribution in [0.2, 0.25) is 0 Å². The molecule has 0 radical (unpaired) electrons. The first-order chi connectivity index (χ1) is 8.65. The van der Waals surface area contributed by atoms with Gasteiger partial charge in [0.25, 0.3) is 11.8 Å². The third kappa shape index (κ3) is 3.28. The standard InChI is InChI=1S/C12H15N3O3/c16-10-6-15(7-10)8-11(17)13-14-12(18)9-4-2-1-3-5-9/h1-5,10,16H,6-8H2,(H,13,17)(H,14,18). The molecule has 6 heteroatoms. The van der Waals surface area contributed by atoms with Crippen LogP contribution in [-0.4, -0.2) is 47.6 Å². The van der Waals surface area contributed by atoms with Gasteiger partial charge in [0.2, 0.25) is 0 Å². The van der Waals surface area contributed by atoms with E-state index in [1.807, 2.05) is 6.07 Å². The van der Waals surface area contributed by atoms with Gasteiger partial charge in [-0.3, -0.25) is 25.3 Å². The van der Waals surface area contributed by atoms with Gasteiger partial charge in [0, 0.05) is 18.7 Å². The lowest BCUT2D eigenvalue weighted by molar-refractivity contribution is -0.125. The lowest BCUT2D eigenvalue weighted by Crippen LogP contribution is -2.55. The molecule has 1 aromatic rings. The second kappa shape index (κ2) is 5.61. The van der Waals surface area contributed by atoms with Crippen LogP contribution in [0.3, 0.4) is 0 Å². The van der Waals surface area contributed by atoms with E-state index >= 15 is 0 Å². The number of aliphatic hydroxyl groups excluding tert-OH is 1. The quantitative estimate of drug-likeness (QED) is 0.608. The van der Waals surface area contributed by atoms with Gasteiger partial charge in [0.05, 0.1) is 12.6 Å². The molecule has 0 spiro atoms. The normalized spacial score (nSPS) is 15.8. The average molecular weight is 249 g/mol. The maximum Gasteiger partial charge on any atom is 0.269 e. The number of rotatable bonds is 3. The Balaban J connectivity index is 1.71. The fourth-order valence-corrected chi connectivity index (χ4v) is 1.70. The van der Waals surface area contributed by atoms with E-state index in [0.29, 0.717) is 18.7 Å². The summed E-state index contributed by atoms with van der Waals surface area (Å²) in [4.78, 5) is 24.8. The summed E-state index contributed by atoms with van der Waals surface area (Å²) in [7, 11) is 0. The Labute approximate surface area is 105 Å². The molecule has 6 nitrogen and oxygen atoms in total. The lowest BCUT2D eigenvalue weighted by atomic mass is 10.2. The van der Waals surface area contributed by atoms with Crippen molar-refractivity contribution < 1.29 is 14.7 Å². The fourth-order valence-electron chi connectivity index (χ4n) is 1.70. The van der Waals surface area contributed by atoms with E-state index in [2.05, 4.69) is 10.9 Å². The summed E-state index contributed by atoms with van der Waals surface area (Å²) in [6.07, 6.45) is -0.336. The Bertz CT molecular complexity index is 429. The molecule has 1 fully saturated rings. The maximum atomic E-state index is 11.6. The molecule has 0 aliphatic carbocycles. The molecule has 1 aliphatic rings. The number of hydrazine groups is 1. The SMILES string of the molecule is O=C(CN1CC(O)C1)NNC(=O)c1ccccc1. The zero-order valence-corrected chi connectivity index (χ0v) is 9.80. The molecule has 2 rings (SSSR count). The Hall–Kier alpha value is -1.92. The number of nitrogens with zero attached hydrogens (tertiary/aromatic N) is 1. The highest BCUT2D eigenvalue weighted by molar-refractivity contribution is 5.95. The number of β-amino-alcohol motifs (C(OH)–C–C–N with tert-alkyl or cyclic N) is 1. The van der Waals surface area contributed by atoms with Gasteiger partial charge < -0.3 is 5.11 Å². The van der Waals surface area contributed by atoms with Gasteiger partial charge in [-0.1, -0.05) is 18.2 Å². The van der Waals surface area contributed by atoms with Crippen molar-refractivity contribution in [2.75, 3.05) is 19.6 Å². The molecule has 96 valence electrons. The molecule has 1 heterocycles. The van der Waals surface area contributed by atoms with Crippen molar-refractivity contribution in [3.63, 3.8) is 0 Å². The highest BCUT2D eigenvalue weighted by atomic mass is 16.3. The molecule has 1 aliphatic heterocycles. The third-order valence-electron chi connectivity index (χ3n) is 2.66. The van der Waals surface area contributed by atoms with Crippen LogP contribution in [0.5, 0.6) is 0 Å². The highest BCUT2D eigenvalue weighted by Gasteiger charge is 2.25. The molecular formula is C12H15N3O3. The molecule has 0 bridgehead atoms. The summed E-state index contributed by atoms with van der Waals surface area (Å²) in [5, 5.41) is 9.05. The highest BCUT2D eigenvalue weighted by Crippen LogP contribution is 2.05. The lowest BCUT2D eigenvalue weighted by Gasteiger charge is -2.34. The van der Waals surface area contributed by atoms with Crippen LogP contribution in [0.15, 0.2) is 30.3 Å². The van der Waals surface area contributed by atoms with Gasteiger partial charge >= 0.3 is 0 Å². The van der Waals surface area contributed by atoms with Gasteiger partial charge in [0.1, 0.15) is 0 Å². The minimum Gasteiger partial charge on any atom is -0.390 e. The Kier molecular flexibility index (Phi) is 3.91. The number of aliphatic hydroxyl groups is 1. The zero-order valence-electron chi connectivity index (χ0n) is 9.80. The number of hydrogen-bond acceptors (Lipinski definition) is 4. The molecule has 1 aromatic carbocycles. The minimum atomic E-state index is -0.354. The topological polar surface area (TPSA) is 81.7 Å². The van der Waals surface area contributed by atoms with E-state index in [4.69, 9.17) is 5.11 Å². The molecule has 0 aromatic heterocycles. The van der Waals surface area contributed by atoms with Crippen LogP contribution < -0.4 is 10.9 Å². The number of benzene rings is 1. The van der Waals surface area contributed by atoms with Crippen LogP contribution in [0.1, 0.15) is 10.4 Å². The molecule has 0 atom stereocenters. The smallest absolute Gasteiger partial charge is 0.269 e. The Morgan fingerprint density at radius 2 is 1.89 bits per heavy atom. The largest absolute Gasteiger partial charge is 0.390 e. The molecule has 3 N–H and O–H groups in total. The summed E-state index contributed by atoms with van der Waals surface area (Å²) in [5.74, 6) is -0.654. The van der Waals surface area contributed by atoms with Crippen LogP contribution in [0.25, 0.3) is 0 Å². The van der Waals surface area contributed by atoms with Gasteiger partial charge in [-0.05, 0) is 12.1 Å². The second-order valence-electron chi connectivity index (χ2n) is 4.22. The molecule has 0 saturated carbocycles. The van der Waals surface area contributed by atoms with Crippen molar-refractivity contribution in [3.8, 4) is 0 Å². The molecular weight excluding hydrogens is 234 g/mol. The van der Waals surface area contributed by atoms with E-state index < -0.39 is 0 Å². The van der Waals surface area contributed by atoms with E-state index in [1.54, 1.807) is 29.2 Å². The minimum absolute atomic E-state index is 0.173. The van der Waals surface area contributed by atoms with Gasteiger partial charge in [0.15, 0.2) is 0 Å². The number of likely N-dealkylation sites (tertiary alicyclic amines) is 1. The average Bonchev–Trinajstić information content (AvgIpc) is 2.35. The first kappa shape index (κ1) is 12.5. The molecule has 0 unspecified atom stereocenters. The predicted octanol–water partition coefficient (Wildman–Crippen LogP) is -0.876. The summed E-state index contributed by atoms with van der Waals surface area (Å²) in [5.41, 5.74) is 5.15. The van der Waals surface area contributed by atoms with Crippen molar-refractivity contribution in [2.45, 2.75) is 6.10 Å². The molecule has 18 heavy (non-hydrogen) atoms. The van der Waals surface area contributed by atoms with Gasteiger partial charge in [-0.25, -0.2) is 0 Å². The third-order valence-corrected chi connectivity index (χ3v) is 2.66.